The summed E-state index contributed by atoms with van der Waals surface area (Å²) >= 11 is 0. The van der Waals surface area contributed by atoms with Crippen LogP contribution in [-0.2, 0) is 34.1 Å². The number of rotatable bonds is 5. The molecule has 3 heterocycles. The molecule has 0 saturated carbocycles. The number of hydrogen-bond acceptors (Lipinski definition) is 5. The molecule has 1 aromatic heterocycles. The second kappa shape index (κ2) is 7.90. The van der Waals surface area contributed by atoms with Crippen LogP contribution >= 0.6 is 0 Å². The molecule has 1 unspecified atom stereocenters. The lowest BCUT2D eigenvalue weighted by atomic mass is 10.2. The van der Waals surface area contributed by atoms with Crippen LogP contribution in [0.5, 0.6) is 0 Å². The van der Waals surface area contributed by atoms with E-state index in [-0.39, 0.29) is 5.69 Å². The van der Waals surface area contributed by atoms with Gasteiger partial charge in [0.25, 0.3) is 0 Å². The van der Waals surface area contributed by atoms with Gasteiger partial charge in [-0.15, -0.1) is 4.31 Å². The van der Waals surface area contributed by atoms with Crippen molar-refractivity contribution in [3.8, 4) is 0 Å². The highest BCUT2D eigenvalue weighted by Crippen LogP contribution is 2.23. The highest BCUT2D eigenvalue weighted by Gasteiger charge is 2.33. The first-order chi connectivity index (χ1) is 13.4. The summed E-state index contributed by atoms with van der Waals surface area (Å²) in [6.07, 6.45) is 3.00. The van der Waals surface area contributed by atoms with Crippen molar-refractivity contribution in [1.82, 2.24) is 23.6 Å². The van der Waals surface area contributed by atoms with Crippen LogP contribution in [0.15, 0.2) is 34.0 Å². The van der Waals surface area contributed by atoms with Crippen LogP contribution < -0.4 is 5.69 Å². The van der Waals surface area contributed by atoms with Gasteiger partial charge in [-0.2, -0.15) is 5.10 Å². The number of hydrogen-bond donors (Lipinski definition) is 0. The first-order valence-corrected chi connectivity index (χ1v) is 11.3. The Balaban J connectivity index is 1.33. The number of piperazine rings is 1. The lowest BCUT2D eigenvalue weighted by molar-refractivity contribution is 0.173. The van der Waals surface area contributed by atoms with E-state index >= 15 is 0 Å². The topological polar surface area (TPSA) is 86.4 Å². The van der Waals surface area contributed by atoms with Gasteiger partial charge in [0.2, 0.25) is 0 Å². The Hall–Kier alpha value is -1.81. The van der Waals surface area contributed by atoms with Gasteiger partial charge in [-0.05, 0) is 31.9 Å². The number of aromatic nitrogens is 3. The maximum absolute atomic E-state index is 12.8. The van der Waals surface area contributed by atoms with Gasteiger partial charge in [0.1, 0.15) is 5.82 Å². The van der Waals surface area contributed by atoms with E-state index in [0.29, 0.717) is 44.2 Å². The van der Waals surface area contributed by atoms with Crippen LogP contribution in [0.3, 0.4) is 0 Å². The van der Waals surface area contributed by atoms with Crippen molar-refractivity contribution in [2.45, 2.75) is 44.2 Å². The molecule has 0 radical (unpaired) electrons. The van der Waals surface area contributed by atoms with Gasteiger partial charge in [0.05, 0.1) is 19.6 Å². The quantitative estimate of drug-likeness (QED) is 0.690. The third-order valence-corrected chi connectivity index (χ3v) is 7.56. The number of fused-ring (bicyclic) bond motifs is 1. The first kappa shape index (κ1) is 19.5. The second-order valence-electron chi connectivity index (χ2n) is 7.59. The normalized spacial score (nSPS) is 20.6. The molecular formula is C19H27N5O3S. The Morgan fingerprint density at radius 1 is 1.04 bits per heavy atom. The Morgan fingerprint density at radius 3 is 2.43 bits per heavy atom. The van der Waals surface area contributed by atoms with E-state index in [1.165, 1.54) is 0 Å². The van der Waals surface area contributed by atoms with Gasteiger partial charge < -0.3 is 4.55 Å². The second-order valence-corrected chi connectivity index (χ2v) is 9.53. The summed E-state index contributed by atoms with van der Waals surface area (Å²) in [5.74, 6) is 0.894. The van der Waals surface area contributed by atoms with E-state index < -0.39 is 10.4 Å². The highest BCUT2D eigenvalue weighted by atomic mass is 32.3. The lowest BCUT2D eigenvalue weighted by Gasteiger charge is -2.35. The summed E-state index contributed by atoms with van der Waals surface area (Å²) in [5, 5.41) is 4.47. The monoisotopic (exact) mass is 405 g/mol. The van der Waals surface area contributed by atoms with Gasteiger partial charge >= 0.3 is 5.69 Å². The predicted molar refractivity (Wildman–Crippen MR) is 106 cm³/mol. The summed E-state index contributed by atoms with van der Waals surface area (Å²) in [7, 11) is -3.44. The Labute approximate surface area is 166 Å². The fourth-order valence-corrected chi connectivity index (χ4v) is 5.31. The van der Waals surface area contributed by atoms with Crippen molar-refractivity contribution in [1.29, 1.82) is 0 Å². The van der Waals surface area contributed by atoms with E-state index in [9.17, 15) is 13.6 Å². The standard InChI is InChI=1S/C19H27N5O3S/c1-16-5-7-17(8-6-16)28(26,27)22-13-10-21(11-14-22)12-15-24-19(25)23-9-3-2-4-18(23)20-24/h5-8H,2-4,9-15H2,1H3. The van der Waals surface area contributed by atoms with Crippen LogP contribution in [0.2, 0.25) is 0 Å². The maximum Gasteiger partial charge on any atom is 0.345 e. The summed E-state index contributed by atoms with van der Waals surface area (Å²) in [6.45, 7) is 6.20. The minimum Gasteiger partial charge on any atom is -0.593 e. The SMILES string of the molecule is Cc1ccc([S+](=O)([O-])N2CCN(CCn3nc4n(c3=O)CCCC4)CC2)cc1. The molecule has 152 valence electrons. The summed E-state index contributed by atoms with van der Waals surface area (Å²) in [5.41, 5.74) is 1.02. The number of sulfonamides is 1. The van der Waals surface area contributed by atoms with Crippen LogP contribution in [-0.4, -0.2) is 60.8 Å². The molecule has 2 aliphatic rings. The average Bonchev–Trinajstić information content (AvgIpc) is 3.03. The molecule has 0 N–H and O–H groups in total. The molecule has 0 aliphatic carbocycles. The minimum absolute atomic E-state index is 0.0183. The van der Waals surface area contributed by atoms with Crippen LogP contribution in [0, 0.1) is 6.92 Å². The van der Waals surface area contributed by atoms with Gasteiger partial charge in [-0.3, -0.25) is 9.47 Å². The number of aryl methyl sites for hydroxylation is 2. The molecule has 0 spiro atoms. The molecule has 0 amide bonds. The third kappa shape index (κ3) is 3.84. The maximum atomic E-state index is 12.8. The van der Waals surface area contributed by atoms with Crippen LogP contribution in [0.25, 0.3) is 0 Å². The van der Waals surface area contributed by atoms with Crippen LogP contribution in [0.1, 0.15) is 24.2 Å². The zero-order chi connectivity index (χ0) is 19.7. The van der Waals surface area contributed by atoms with E-state index in [1.807, 2.05) is 19.1 Å². The summed E-state index contributed by atoms with van der Waals surface area (Å²) in [4.78, 5) is 15.0. The molecule has 4 rings (SSSR count). The molecule has 2 aliphatic heterocycles. The molecule has 1 aromatic carbocycles. The largest absolute Gasteiger partial charge is 0.593 e. The summed E-state index contributed by atoms with van der Waals surface area (Å²) < 4.78 is 30.5. The molecular weight excluding hydrogens is 378 g/mol. The molecule has 1 atom stereocenters. The minimum atomic E-state index is -3.44. The van der Waals surface area contributed by atoms with Gasteiger partial charge in [-0.1, -0.05) is 21.9 Å². The molecule has 9 heteroatoms. The zero-order valence-corrected chi connectivity index (χ0v) is 17.1. The fourth-order valence-electron chi connectivity index (χ4n) is 3.88. The van der Waals surface area contributed by atoms with Crippen molar-refractivity contribution in [3.63, 3.8) is 0 Å². The zero-order valence-electron chi connectivity index (χ0n) is 16.2. The van der Waals surface area contributed by atoms with Crippen molar-refractivity contribution in [3.05, 3.63) is 46.1 Å². The fraction of sp³-hybridized carbons (Fsp3) is 0.579. The Morgan fingerprint density at radius 2 is 1.75 bits per heavy atom. The van der Waals surface area contributed by atoms with Crippen LogP contribution in [0.4, 0.5) is 0 Å². The van der Waals surface area contributed by atoms with E-state index in [2.05, 4.69) is 10.00 Å². The smallest absolute Gasteiger partial charge is 0.345 e. The first-order valence-electron chi connectivity index (χ1n) is 9.91. The summed E-state index contributed by atoms with van der Waals surface area (Å²) in [6, 6.07) is 6.99. The molecule has 1 saturated heterocycles. The molecule has 0 bridgehead atoms. The van der Waals surface area contributed by atoms with Crippen molar-refractivity contribution < 1.29 is 8.76 Å². The van der Waals surface area contributed by atoms with Crippen molar-refractivity contribution >= 4 is 10.4 Å². The molecule has 8 nitrogen and oxygen atoms in total. The lowest BCUT2D eigenvalue weighted by Crippen LogP contribution is -2.51. The van der Waals surface area contributed by atoms with E-state index in [0.717, 1.165) is 37.2 Å². The Bertz CT molecular complexity index is 928. The predicted octanol–water partition coefficient (Wildman–Crippen LogP) is 0.911. The van der Waals surface area contributed by atoms with Gasteiger partial charge in [0, 0.05) is 32.6 Å². The van der Waals surface area contributed by atoms with Gasteiger partial charge in [0.15, 0.2) is 15.3 Å². The van der Waals surface area contributed by atoms with Crippen molar-refractivity contribution in [2.24, 2.45) is 0 Å². The number of nitrogens with zero attached hydrogens (tertiary/aromatic N) is 5. The highest BCUT2D eigenvalue weighted by molar-refractivity contribution is 7.95. The third-order valence-electron chi connectivity index (χ3n) is 5.65. The average molecular weight is 406 g/mol. The number of benzene rings is 1. The van der Waals surface area contributed by atoms with E-state index in [4.69, 9.17) is 0 Å². The van der Waals surface area contributed by atoms with Crippen molar-refractivity contribution in [2.75, 3.05) is 32.7 Å². The molecule has 1 fully saturated rings. The Kier molecular flexibility index (Phi) is 5.50. The van der Waals surface area contributed by atoms with E-state index in [1.54, 1.807) is 25.7 Å². The van der Waals surface area contributed by atoms with Gasteiger partial charge in [-0.25, -0.2) is 9.48 Å². The molecule has 2 aromatic rings. The molecule has 28 heavy (non-hydrogen) atoms.